The largest absolute Gasteiger partial charge is 0.456 e. The maximum absolute atomic E-state index is 6.99. The Morgan fingerprint density at radius 2 is 1.28 bits per heavy atom. The minimum Gasteiger partial charge on any atom is -0.456 e. The molecule has 0 spiro atoms. The van der Waals surface area contributed by atoms with E-state index in [1.165, 1.54) is 5.56 Å². The highest BCUT2D eigenvalue weighted by atomic mass is 35.5. The van der Waals surface area contributed by atoms with Crippen LogP contribution < -0.4 is 4.74 Å². The maximum Gasteiger partial charge on any atom is 0.136 e. The van der Waals surface area contributed by atoms with Gasteiger partial charge in [0.25, 0.3) is 0 Å². The molecule has 2 aliphatic heterocycles. The summed E-state index contributed by atoms with van der Waals surface area (Å²) in [6.45, 7) is 4.88. The number of para-hydroxylation sites is 2. The van der Waals surface area contributed by atoms with Crippen molar-refractivity contribution in [3.05, 3.63) is 95.6 Å². The molecule has 0 radical (unpaired) electrons. The Hall–Kier alpha value is -2.75. The Labute approximate surface area is 176 Å². The topological polar surface area (TPSA) is 15.7 Å². The molecule has 0 aliphatic carbocycles. The molecule has 3 nitrogen and oxygen atoms in total. The first-order valence-corrected chi connectivity index (χ1v) is 10.4. The van der Waals surface area contributed by atoms with Crippen LogP contribution in [0.2, 0.25) is 0 Å². The van der Waals surface area contributed by atoms with Gasteiger partial charge in [0.1, 0.15) is 11.5 Å². The standard InChI is InChI=1S/C25H23ClN2O/c26-24-20-10-4-6-12-22(20)29-23-13-7-5-11-21(23)25(24)28-16-14-27(15-17-28)18-19-8-2-1-3-9-19/h1-13H,14-18H2. The van der Waals surface area contributed by atoms with E-state index in [0.29, 0.717) is 0 Å². The predicted octanol–water partition coefficient (Wildman–Crippen LogP) is 5.67. The van der Waals surface area contributed by atoms with Gasteiger partial charge in [0, 0.05) is 43.9 Å². The summed E-state index contributed by atoms with van der Waals surface area (Å²) < 4.78 is 6.23. The fourth-order valence-electron chi connectivity index (χ4n) is 4.13. The zero-order valence-electron chi connectivity index (χ0n) is 16.2. The van der Waals surface area contributed by atoms with Crippen LogP contribution in [0.5, 0.6) is 11.5 Å². The second-order valence-corrected chi connectivity index (χ2v) is 7.88. The fourth-order valence-corrected chi connectivity index (χ4v) is 4.51. The summed E-state index contributed by atoms with van der Waals surface area (Å²) in [7, 11) is 0. The molecule has 3 aromatic rings. The molecular formula is C25H23ClN2O. The second kappa shape index (κ2) is 7.94. The number of piperazine rings is 1. The first-order valence-electron chi connectivity index (χ1n) is 10.1. The number of hydrogen-bond acceptors (Lipinski definition) is 3. The SMILES string of the molecule is ClC1=C(N2CCN(Cc3ccccc3)CC2)c2ccccc2Oc2ccccc21. The maximum atomic E-state index is 6.99. The van der Waals surface area contributed by atoms with Crippen molar-refractivity contribution in [2.75, 3.05) is 26.2 Å². The third-order valence-electron chi connectivity index (χ3n) is 5.63. The van der Waals surface area contributed by atoms with Gasteiger partial charge >= 0.3 is 0 Å². The summed E-state index contributed by atoms with van der Waals surface area (Å²) >= 11 is 6.99. The zero-order valence-corrected chi connectivity index (χ0v) is 17.0. The minimum absolute atomic E-state index is 0.766. The Balaban J connectivity index is 1.44. The third-order valence-corrected chi connectivity index (χ3v) is 6.01. The van der Waals surface area contributed by atoms with E-state index in [0.717, 1.165) is 66.1 Å². The van der Waals surface area contributed by atoms with E-state index in [1.54, 1.807) is 0 Å². The molecule has 29 heavy (non-hydrogen) atoms. The summed E-state index contributed by atoms with van der Waals surface area (Å²) in [6.07, 6.45) is 0. The first-order chi connectivity index (χ1) is 14.3. The summed E-state index contributed by atoms with van der Waals surface area (Å²) in [6, 6.07) is 26.9. The molecule has 0 unspecified atom stereocenters. The number of fused-ring (bicyclic) bond motifs is 2. The molecule has 0 N–H and O–H groups in total. The molecule has 2 aliphatic rings. The molecule has 2 heterocycles. The third kappa shape index (κ3) is 3.64. The Kier molecular flexibility index (Phi) is 5.01. The number of hydrogen-bond donors (Lipinski definition) is 0. The quantitative estimate of drug-likeness (QED) is 0.561. The molecule has 0 amide bonds. The summed E-state index contributed by atoms with van der Waals surface area (Å²) in [5.41, 5.74) is 4.45. The zero-order chi connectivity index (χ0) is 19.6. The molecule has 0 bridgehead atoms. The summed E-state index contributed by atoms with van der Waals surface area (Å²) in [4.78, 5) is 4.92. The van der Waals surface area contributed by atoms with Crippen molar-refractivity contribution in [2.45, 2.75) is 6.54 Å². The lowest BCUT2D eigenvalue weighted by Crippen LogP contribution is -2.45. The highest BCUT2D eigenvalue weighted by molar-refractivity contribution is 6.53. The second-order valence-electron chi connectivity index (χ2n) is 7.51. The van der Waals surface area contributed by atoms with Gasteiger partial charge in [-0.1, -0.05) is 66.2 Å². The smallest absolute Gasteiger partial charge is 0.136 e. The van der Waals surface area contributed by atoms with Gasteiger partial charge in [0.05, 0.1) is 10.7 Å². The number of halogens is 1. The highest BCUT2D eigenvalue weighted by Gasteiger charge is 2.28. The fraction of sp³-hybridized carbons (Fsp3) is 0.200. The van der Waals surface area contributed by atoms with Crippen molar-refractivity contribution in [3.63, 3.8) is 0 Å². The van der Waals surface area contributed by atoms with Gasteiger partial charge in [0.2, 0.25) is 0 Å². The van der Waals surface area contributed by atoms with Gasteiger partial charge in [0.15, 0.2) is 0 Å². The minimum atomic E-state index is 0.766. The van der Waals surface area contributed by atoms with Crippen LogP contribution in [0.15, 0.2) is 78.9 Å². The summed E-state index contributed by atoms with van der Waals surface area (Å²) in [5.74, 6) is 1.67. The molecule has 1 saturated heterocycles. The van der Waals surface area contributed by atoms with Gasteiger partial charge in [-0.2, -0.15) is 0 Å². The van der Waals surface area contributed by atoms with Crippen molar-refractivity contribution in [1.82, 2.24) is 9.80 Å². The monoisotopic (exact) mass is 402 g/mol. The number of nitrogens with zero attached hydrogens (tertiary/aromatic N) is 2. The van der Waals surface area contributed by atoms with E-state index in [1.807, 2.05) is 42.5 Å². The van der Waals surface area contributed by atoms with Crippen LogP contribution in [0.3, 0.4) is 0 Å². The Morgan fingerprint density at radius 1 is 0.690 bits per heavy atom. The predicted molar refractivity (Wildman–Crippen MR) is 119 cm³/mol. The van der Waals surface area contributed by atoms with Crippen molar-refractivity contribution in [3.8, 4) is 11.5 Å². The van der Waals surface area contributed by atoms with Crippen LogP contribution >= 0.6 is 11.6 Å². The van der Waals surface area contributed by atoms with E-state index in [4.69, 9.17) is 16.3 Å². The number of rotatable bonds is 3. The molecule has 0 aromatic heterocycles. The molecule has 0 saturated carbocycles. The summed E-state index contributed by atoms with van der Waals surface area (Å²) in [5, 5.41) is 0.766. The van der Waals surface area contributed by atoms with E-state index in [-0.39, 0.29) is 0 Å². The molecule has 4 heteroatoms. The van der Waals surface area contributed by atoms with E-state index in [9.17, 15) is 0 Å². The van der Waals surface area contributed by atoms with Crippen LogP contribution in [-0.4, -0.2) is 36.0 Å². The lowest BCUT2D eigenvalue weighted by Gasteiger charge is -2.38. The van der Waals surface area contributed by atoms with Crippen molar-refractivity contribution < 1.29 is 4.74 Å². The van der Waals surface area contributed by atoms with Crippen LogP contribution in [0, 0.1) is 0 Å². The molecule has 1 fully saturated rings. The van der Waals surface area contributed by atoms with E-state index in [2.05, 4.69) is 46.2 Å². The number of benzene rings is 3. The average Bonchev–Trinajstić information content (AvgIpc) is 2.89. The normalized spacial score (nSPS) is 16.7. The van der Waals surface area contributed by atoms with Crippen molar-refractivity contribution in [1.29, 1.82) is 0 Å². The van der Waals surface area contributed by atoms with Crippen molar-refractivity contribution in [2.24, 2.45) is 0 Å². The van der Waals surface area contributed by atoms with Gasteiger partial charge < -0.3 is 9.64 Å². The van der Waals surface area contributed by atoms with Crippen LogP contribution in [-0.2, 0) is 6.54 Å². The van der Waals surface area contributed by atoms with Crippen molar-refractivity contribution >= 4 is 22.3 Å². The van der Waals surface area contributed by atoms with Crippen LogP contribution in [0.25, 0.3) is 10.7 Å². The number of ether oxygens (including phenoxy) is 1. The van der Waals surface area contributed by atoms with Crippen LogP contribution in [0.4, 0.5) is 0 Å². The van der Waals surface area contributed by atoms with E-state index < -0.39 is 0 Å². The molecule has 146 valence electrons. The lowest BCUT2D eigenvalue weighted by atomic mass is 10.1. The first kappa shape index (κ1) is 18.3. The molecule has 3 aromatic carbocycles. The molecule has 5 rings (SSSR count). The van der Waals surface area contributed by atoms with E-state index >= 15 is 0 Å². The van der Waals surface area contributed by atoms with Gasteiger partial charge in [-0.3, -0.25) is 4.90 Å². The van der Waals surface area contributed by atoms with Gasteiger partial charge in [-0.15, -0.1) is 0 Å². The molecule has 0 atom stereocenters. The average molecular weight is 403 g/mol. The Morgan fingerprint density at radius 3 is 2.00 bits per heavy atom. The van der Waals surface area contributed by atoms with Crippen LogP contribution in [0.1, 0.15) is 16.7 Å². The lowest BCUT2D eigenvalue weighted by molar-refractivity contribution is 0.169. The van der Waals surface area contributed by atoms with Gasteiger partial charge in [-0.25, -0.2) is 0 Å². The molecular weight excluding hydrogens is 380 g/mol. The Bertz CT molecular complexity index is 1040. The highest BCUT2D eigenvalue weighted by Crippen LogP contribution is 2.45. The van der Waals surface area contributed by atoms with Gasteiger partial charge in [-0.05, 0) is 29.8 Å².